The van der Waals surface area contributed by atoms with Gasteiger partial charge in [0.1, 0.15) is 0 Å². The van der Waals surface area contributed by atoms with Crippen molar-refractivity contribution in [1.82, 2.24) is 0 Å². The summed E-state index contributed by atoms with van der Waals surface area (Å²) in [5.41, 5.74) is 37.2. The third-order valence-corrected chi connectivity index (χ3v) is 26.5. The van der Waals surface area contributed by atoms with Gasteiger partial charge in [-0.3, -0.25) is 0 Å². The molecule has 0 N–H and O–H groups in total. The highest BCUT2D eigenvalue weighted by atomic mass is 32.2. The van der Waals surface area contributed by atoms with E-state index in [-0.39, 0.29) is 24.3 Å². The third kappa shape index (κ3) is 12.9. The Hall–Kier alpha value is -13.2. The molecule has 0 atom stereocenters. The second kappa shape index (κ2) is 29.5. The van der Waals surface area contributed by atoms with Gasteiger partial charge < -0.3 is 19.6 Å². The fourth-order valence-corrected chi connectivity index (χ4v) is 20.9. The van der Waals surface area contributed by atoms with E-state index in [0.717, 1.165) is 113 Å². The van der Waals surface area contributed by atoms with E-state index in [4.69, 9.17) is 0 Å². The smallest absolute Gasteiger partial charge is 0.252 e. The molecule has 4 nitrogen and oxygen atoms in total. The van der Waals surface area contributed by atoms with E-state index in [0.29, 0.717) is 0 Å². The standard InChI is InChI=1S/C110H84B2N4S2/c1-109(2,3)83-57-49-79(50-58-83)92-43-28-44-93(80-51-59-84(60-52-80)110(4,5)6)108(92)116-99-72-103-97(112-95-46-23-25-48-102(95)117-104-69-91(70-105(118-103)107(104)112)114(87-63-55-78(56-64-87)74-31-14-8-15-32-74)89-42-27-38-82(66-89)76-35-18-10-19-36-76)71-96(99)111-94-45-22-24-47-98(94)115(85-39-20-11-21-40-85)100-67-90(68-101(116)106(100)111)113(86-61-53-77(54-62-86)73-29-12-7-13-30-73)88-41-26-37-81(65-88)75-33-16-9-17-34-75/h7-72H,1-6H3. The lowest BCUT2D eigenvalue weighted by Crippen LogP contribution is -2.64. The van der Waals surface area contributed by atoms with Gasteiger partial charge in [-0.2, -0.15) is 0 Å². The Morgan fingerprint density at radius 2 is 0.619 bits per heavy atom. The van der Waals surface area contributed by atoms with Crippen molar-refractivity contribution in [3.05, 3.63) is 412 Å². The number of nitrogens with zero attached hydrogens (tertiary/aromatic N) is 4. The Morgan fingerprint density at radius 1 is 0.229 bits per heavy atom. The fourth-order valence-electron chi connectivity index (χ4n) is 18.4. The molecule has 8 heteroatoms. The first-order valence-electron chi connectivity index (χ1n) is 41.1. The van der Waals surface area contributed by atoms with Crippen LogP contribution in [-0.4, -0.2) is 13.4 Å². The van der Waals surface area contributed by atoms with Crippen molar-refractivity contribution in [3.8, 4) is 66.8 Å². The van der Waals surface area contributed by atoms with Crippen molar-refractivity contribution >= 4 is 138 Å². The molecule has 4 heterocycles. The van der Waals surface area contributed by atoms with Gasteiger partial charge in [0.05, 0.1) is 11.4 Å². The summed E-state index contributed by atoms with van der Waals surface area (Å²) in [7, 11) is 0. The van der Waals surface area contributed by atoms with Crippen molar-refractivity contribution in [2.75, 3.05) is 19.6 Å². The maximum Gasteiger partial charge on any atom is 0.252 e. The summed E-state index contributed by atoms with van der Waals surface area (Å²) < 4.78 is 0. The zero-order chi connectivity index (χ0) is 79.3. The van der Waals surface area contributed by atoms with Crippen LogP contribution in [-0.2, 0) is 10.8 Å². The van der Waals surface area contributed by atoms with Gasteiger partial charge in [-0.15, -0.1) is 0 Å². The molecular formula is C110H84B2N4S2. The molecule has 0 bridgehead atoms. The van der Waals surface area contributed by atoms with Gasteiger partial charge in [0.25, 0.3) is 6.71 Å². The topological polar surface area (TPSA) is 13.0 Å². The summed E-state index contributed by atoms with van der Waals surface area (Å²) >= 11 is 3.85. The van der Waals surface area contributed by atoms with Crippen LogP contribution < -0.4 is 52.4 Å². The lowest BCUT2D eigenvalue weighted by molar-refractivity contribution is 0.590. The molecule has 0 aromatic heterocycles. The Bertz CT molecular complexity index is 6610. The quantitative estimate of drug-likeness (QED) is 0.0999. The van der Waals surface area contributed by atoms with Gasteiger partial charge in [-0.1, -0.05) is 373 Å². The minimum Gasteiger partial charge on any atom is -0.311 e. The Labute approximate surface area is 702 Å². The molecule has 4 aliphatic heterocycles. The van der Waals surface area contributed by atoms with Gasteiger partial charge in [0, 0.05) is 87.6 Å². The fraction of sp³-hybridized carbons (Fsp3) is 0.0727. The second-order valence-electron chi connectivity index (χ2n) is 33.6. The molecule has 562 valence electrons. The van der Waals surface area contributed by atoms with Crippen LogP contribution in [0, 0.1) is 0 Å². The van der Waals surface area contributed by atoms with E-state index in [1.54, 1.807) is 0 Å². The predicted molar refractivity (Wildman–Crippen MR) is 506 cm³/mol. The van der Waals surface area contributed by atoms with Crippen molar-refractivity contribution in [2.24, 2.45) is 0 Å². The number of rotatable bonds is 14. The third-order valence-electron chi connectivity index (χ3n) is 24.3. The zero-order valence-electron chi connectivity index (χ0n) is 66.9. The van der Waals surface area contributed by atoms with E-state index in [1.807, 2.05) is 23.5 Å². The Balaban J connectivity index is 0.855. The minimum atomic E-state index is -0.227. The van der Waals surface area contributed by atoms with Gasteiger partial charge in [-0.05, 0) is 203 Å². The maximum absolute atomic E-state index is 2.74. The molecule has 17 aromatic carbocycles. The molecule has 17 aromatic rings. The van der Waals surface area contributed by atoms with Gasteiger partial charge in [0.2, 0.25) is 6.71 Å². The zero-order valence-corrected chi connectivity index (χ0v) is 68.5. The number of fused-ring (bicyclic) bond motifs is 8. The molecule has 0 aliphatic carbocycles. The minimum absolute atomic E-state index is 0.0675. The molecule has 0 unspecified atom stereocenters. The summed E-state index contributed by atoms with van der Waals surface area (Å²) in [6.45, 7) is 13.6. The van der Waals surface area contributed by atoms with Crippen LogP contribution in [0.5, 0.6) is 0 Å². The van der Waals surface area contributed by atoms with Crippen LogP contribution in [0.15, 0.2) is 420 Å². The first-order chi connectivity index (χ1) is 57.8. The highest BCUT2D eigenvalue weighted by molar-refractivity contribution is 8.01. The molecular weight excluding hydrogens is 1460 g/mol. The number of hydrogen-bond donors (Lipinski definition) is 0. The van der Waals surface area contributed by atoms with Crippen LogP contribution >= 0.6 is 23.5 Å². The van der Waals surface area contributed by atoms with Crippen LogP contribution in [0.2, 0.25) is 0 Å². The molecule has 21 rings (SSSR count). The number of anilines is 12. The monoisotopic (exact) mass is 1550 g/mol. The maximum atomic E-state index is 2.74. The van der Waals surface area contributed by atoms with Gasteiger partial charge in [-0.25, -0.2) is 0 Å². The summed E-state index contributed by atoms with van der Waals surface area (Å²) in [4.78, 5) is 15.3. The molecule has 4 aliphatic rings. The van der Waals surface area contributed by atoms with E-state index < -0.39 is 0 Å². The van der Waals surface area contributed by atoms with Gasteiger partial charge >= 0.3 is 0 Å². The molecule has 0 saturated heterocycles. The summed E-state index contributed by atoms with van der Waals surface area (Å²) in [5, 5.41) is 0. The molecule has 0 radical (unpaired) electrons. The molecule has 0 fully saturated rings. The summed E-state index contributed by atoms with van der Waals surface area (Å²) in [5.74, 6) is 0. The van der Waals surface area contributed by atoms with E-state index in [2.05, 4.69) is 462 Å². The molecule has 0 amide bonds. The lowest BCUT2D eigenvalue weighted by Gasteiger charge is -2.46. The highest BCUT2D eigenvalue weighted by Crippen LogP contribution is 2.55. The average molecular weight is 1550 g/mol. The average Bonchev–Trinajstić information content (AvgIpc) is 0.684. The van der Waals surface area contributed by atoms with Crippen LogP contribution in [0.3, 0.4) is 0 Å². The van der Waals surface area contributed by atoms with Crippen LogP contribution in [0.4, 0.5) is 68.2 Å². The van der Waals surface area contributed by atoms with E-state index in [1.165, 1.54) is 85.7 Å². The second-order valence-corrected chi connectivity index (χ2v) is 35.7. The van der Waals surface area contributed by atoms with Crippen LogP contribution in [0.1, 0.15) is 52.7 Å². The van der Waals surface area contributed by atoms with Crippen molar-refractivity contribution < 1.29 is 0 Å². The number of para-hydroxylation sites is 3. The van der Waals surface area contributed by atoms with E-state index >= 15 is 0 Å². The first-order valence-corrected chi connectivity index (χ1v) is 42.7. The van der Waals surface area contributed by atoms with E-state index in [9.17, 15) is 0 Å². The highest BCUT2D eigenvalue weighted by Gasteiger charge is 2.48. The molecule has 0 saturated carbocycles. The summed E-state index contributed by atoms with van der Waals surface area (Å²) in [6.07, 6.45) is 0. The largest absolute Gasteiger partial charge is 0.311 e. The molecule has 0 spiro atoms. The Morgan fingerprint density at radius 3 is 1.12 bits per heavy atom. The number of hydrogen-bond acceptors (Lipinski definition) is 6. The summed E-state index contributed by atoms with van der Waals surface area (Å²) in [6, 6.07) is 151. The normalized spacial score (nSPS) is 12.9. The molecule has 118 heavy (non-hydrogen) atoms. The lowest BCUT2D eigenvalue weighted by atomic mass is 9.31. The van der Waals surface area contributed by atoms with Crippen molar-refractivity contribution in [3.63, 3.8) is 0 Å². The Kier molecular flexibility index (Phi) is 18.1. The van der Waals surface area contributed by atoms with Crippen molar-refractivity contribution in [2.45, 2.75) is 72.0 Å². The first kappa shape index (κ1) is 72.5. The van der Waals surface area contributed by atoms with Crippen molar-refractivity contribution in [1.29, 1.82) is 0 Å². The predicted octanol–water partition coefficient (Wildman–Crippen LogP) is 26.8. The van der Waals surface area contributed by atoms with Crippen LogP contribution in [0.25, 0.3) is 66.8 Å². The van der Waals surface area contributed by atoms with Gasteiger partial charge in [0.15, 0.2) is 0 Å². The SMILES string of the molecule is CC(C)(C)c1ccc(-c2cccc(-c3ccc(C(C)(C)C)cc3)c2N2c3cc4c(cc3B3c5ccccc5N(c5ccccc5)c5cc(N(c6ccc(-c7ccccc7)cc6)c6cccc(-c7ccccc7)c6)cc2c53)B2c3ccccc3Sc3cc(N(c5ccc(-c6ccccc6)cc5)c5cccc(-c6ccccc6)c5)cc(c32)S4)cc1. The number of benzene rings is 17.